The Morgan fingerprint density at radius 3 is 2.32 bits per heavy atom. The number of anilines is 1. The van der Waals surface area contributed by atoms with E-state index in [4.69, 9.17) is 9.90 Å². The zero-order valence-electron chi connectivity index (χ0n) is 11.3. The van der Waals surface area contributed by atoms with E-state index in [2.05, 4.69) is 61.6 Å². The van der Waals surface area contributed by atoms with Gasteiger partial charge >= 0.3 is 0 Å². The maximum atomic E-state index is 8.36. The van der Waals surface area contributed by atoms with E-state index >= 15 is 0 Å². The largest absolute Gasteiger partial charge is 0.483 e. The predicted octanol–water partition coefficient (Wildman–Crippen LogP) is 3.62. The monoisotopic (exact) mass is 257 g/mol. The van der Waals surface area contributed by atoms with E-state index in [-0.39, 0.29) is 6.47 Å². The van der Waals surface area contributed by atoms with Crippen molar-refractivity contribution in [2.75, 3.05) is 5.32 Å². The second-order valence-corrected chi connectivity index (χ2v) is 4.19. The summed E-state index contributed by atoms with van der Waals surface area (Å²) in [6.07, 6.45) is 0. The van der Waals surface area contributed by atoms with Crippen molar-refractivity contribution in [2.45, 2.75) is 20.4 Å². The summed E-state index contributed by atoms with van der Waals surface area (Å²) in [5, 5.41) is 10.4. The Morgan fingerprint density at radius 2 is 1.68 bits per heavy atom. The number of nitrogens with one attached hydrogen (secondary N) is 1. The molecule has 0 bridgehead atoms. The first-order valence-electron chi connectivity index (χ1n) is 6.11. The molecule has 0 saturated carbocycles. The lowest BCUT2D eigenvalue weighted by Gasteiger charge is -2.11. The predicted molar refractivity (Wildman–Crippen MR) is 78.4 cm³/mol. The van der Waals surface area contributed by atoms with Crippen molar-refractivity contribution >= 4 is 12.2 Å². The van der Waals surface area contributed by atoms with Crippen molar-refractivity contribution in [1.82, 2.24) is 0 Å². The van der Waals surface area contributed by atoms with Gasteiger partial charge in [0.05, 0.1) is 0 Å². The number of benzene rings is 2. The lowest BCUT2D eigenvalue weighted by Crippen LogP contribution is -2.01. The molecule has 2 rings (SSSR count). The molecule has 0 saturated heterocycles. The first-order chi connectivity index (χ1) is 9.19. The van der Waals surface area contributed by atoms with Crippen LogP contribution in [0.3, 0.4) is 0 Å². The van der Waals surface area contributed by atoms with Crippen LogP contribution >= 0.6 is 0 Å². The topological polar surface area (TPSA) is 49.3 Å². The zero-order valence-corrected chi connectivity index (χ0v) is 11.3. The smallest absolute Gasteiger partial charge is 0.290 e. The summed E-state index contributed by atoms with van der Waals surface area (Å²) in [4.78, 5) is 8.36. The average molecular weight is 257 g/mol. The molecule has 0 aliphatic heterocycles. The summed E-state index contributed by atoms with van der Waals surface area (Å²) in [5.74, 6) is 0. The summed E-state index contributed by atoms with van der Waals surface area (Å²) >= 11 is 0. The third kappa shape index (κ3) is 4.84. The highest BCUT2D eigenvalue weighted by molar-refractivity contribution is 5.53. The molecule has 3 nitrogen and oxygen atoms in total. The van der Waals surface area contributed by atoms with E-state index in [0.29, 0.717) is 0 Å². The number of hydrogen-bond acceptors (Lipinski definition) is 2. The van der Waals surface area contributed by atoms with Gasteiger partial charge < -0.3 is 10.4 Å². The van der Waals surface area contributed by atoms with Gasteiger partial charge in [0, 0.05) is 12.2 Å². The van der Waals surface area contributed by atoms with Crippen LogP contribution in [0.1, 0.15) is 16.7 Å². The third-order valence-corrected chi connectivity index (χ3v) is 2.93. The lowest BCUT2D eigenvalue weighted by atomic mass is 10.1. The van der Waals surface area contributed by atoms with Gasteiger partial charge in [0.25, 0.3) is 6.47 Å². The van der Waals surface area contributed by atoms with Gasteiger partial charge in [-0.1, -0.05) is 42.5 Å². The molecule has 3 heteroatoms. The van der Waals surface area contributed by atoms with E-state index in [0.717, 1.165) is 6.54 Å². The number of carboxylic acid groups (broad SMARTS) is 1. The average Bonchev–Trinajstić information content (AvgIpc) is 2.43. The van der Waals surface area contributed by atoms with Crippen LogP contribution in [0.15, 0.2) is 48.5 Å². The Labute approximate surface area is 113 Å². The van der Waals surface area contributed by atoms with Crippen molar-refractivity contribution in [3.05, 3.63) is 65.2 Å². The maximum Gasteiger partial charge on any atom is 0.290 e. The van der Waals surface area contributed by atoms with E-state index in [1.54, 1.807) is 0 Å². The third-order valence-electron chi connectivity index (χ3n) is 2.93. The first kappa shape index (κ1) is 14.8. The Hall–Kier alpha value is -2.29. The van der Waals surface area contributed by atoms with E-state index in [1.165, 1.54) is 22.4 Å². The fraction of sp³-hybridized carbons (Fsp3) is 0.188. The Balaban J connectivity index is 0.000000550. The van der Waals surface area contributed by atoms with Crippen molar-refractivity contribution in [3.8, 4) is 0 Å². The molecule has 0 aromatic heterocycles. The van der Waals surface area contributed by atoms with Gasteiger partial charge in [-0.25, -0.2) is 0 Å². The van der Waals surface area contributed by atoms with Crippen LogP contribution in [0, 0.1) is 13.8 Å². The highest BCUT2D eigenvalue weighted by Gasteiger charge is 1.99. The Bertz CT molecular complexity index is 509. The number of aryl methyl sites for hydroxylation is 1. The van der Waals surface area contributed by atoms with Crippen LogP contribution in [-0.2, 0) is 11.3 Å². The van der Waals surface area contributed by atoms with Gasteiger partial charge in [0.2, 0.25) is 0 Å². The van der Waals surface area contributed by atoms with Crippen molar-refractivity contribution in [3.63, 3.8) is 0 Å². The SMILES string of the molecule is Cc1cccc(NCc2ccccc2)c1C.O=CO. The summed E-state index contributed by atoms with van der Waals surface area (Å²) < 4.78 is 0. The highest BCUT2D eigenvalue weighted by Crippen LogP contribution is 2.18. The van der Waals surface area contributed by atoms with E-state index in [1.807, 2.05) is 6.07 Å². The van der Waals surface area contributed by atoms with Crippen LogP contribution in [0.4, 0.5) is 5.69 Å². The fourth-order valence-corrected chi connectivity index (χ4v) is 1.74. The second kappa shape index (κ2) is 7.93. The molecule has 19 heavy (non-hydrogen) atoms. The maximum absolute atomic E-state index is 8.36. The van der Waals surface area contributed by atoms with Crippen molar-refractivity contribution in [1.29, 1.82) is 0 Å². The molecule has 0 aliphatic rings. The van der Waals surface area contributed by atoms with Gasteiger partial charge in [0.1, 0.15) is 0 Å². The quantitative estimate of drug-likeness (QED) is 0.826. The van der Waals surface area contributed by atoms with Crippen LogP contribution < -0.4 is 5.32 Å². The van der Waals surface area contributed by atoms with Gasteiger partial charge in [0.15, 0.2) is 0 Å². The molecule has 0 fully saturated rings. The lowest BCUT2D eigenvalue weighted by molar-refractivity contribution is -0.122. The van der Waals surface area contributed by atoms with Gasteiger partial charge in [-0.3, -0.25) is 4.79 Å². The number of rotatable bonds is 3. The molecular weight excluding hydrogens is 238 g/mol. The molecule has 0 heterocycles. The number of carbonyl (C=O) groups is 1. The molecule has 0 unspecified atom stereocenters. The molecule has 0 radical (unpaired) electrons. The molecule has 2 aromatic carbocycles. The molecule has 0 aliphatic carbocycles. The standard InChI is InChI=1S/C15H17N.CH2O2/c1-12-7-6-10-15(13(12)2)16-11-14-8-4-3-5-9-14;2-1-3/h3-10,16H,11H2,1-2H3;1H,(H,2,3). The second-order valence-electron chi connectivity index (χ2n) is 4.19. The normalized spacial score (nSPS) is 9.16. The highest BCUT2D eigenvalue weighted by atomic mass is 16.3. The van der Waals surface area contributed by atoms with Crippen LogP contribution in [0.5, 0.6) is 0 Å². The summed E-state index contributed by atoms with van der Waals surface area (Å²) in [6, 6.07) is 16.8. The van der Waals surface area contributed by atoms with Crippen LogP contribution in [-0.4, -0.2) is 11.6 Å². The van der Waals surface area contributed by atoms with Crippen molar-refractivity contribution < 1.29 is 9.90 Å². The molecule has 2 aromatic rings. The van der Waals surface area contributed by atoms with Gasteiger partial charge in [-0.05, 0) is 36.6 Å². The molecule has 0 spiro atoms. The minimum Gasteiger partial charge on any atom is -0.483 e. The first-order valence-corrected chi connectivity index (χ1v) is 6.11. The Morgan fingerprint density at radius 1 is 1.05 bits per heavy atom. The summed E-state index contributed by atoms with van der Waals surface area (Å²) in [5.41, 5.74) is 5.20. The van der Waals surface area contributed by atoms with Crippen molar-refractivity contribution in [2.24, 2.45) is 0 Å². The number of hydrogen-bond donors (Lipinski definition) is 2. The van der Waals surface area contributed by atoms with E-state index < -0.39 is 0 Å². The van der Waals surface area contributed by atoms with Gasteiger partial charge in [-0.2, -0.15) is 0 Å². The molecule has 100 valence electrons. The molecule has 0 amide bonds. The minimum atomic E-state index is -0.250. The zero-order chi connectivity index (χ0) is 14.1. The Kier molecular flexibility index (Phi) is 6.16. The van der Waals surface area contributed by atoms with E-state index in [9.17, 15) is 0 Å². The molecular formula is C16H19NO2. The minimum absolute atomic E-state index is 0.250. The van der Waals surface area contributed by atoms with Crippen LogP contribution in [0.2, 0.25) is 0 Å². The summed E-state index contributed by atoms with van der Waals surface area (Å²) in [6.45, 7) is 4.93. The molecule has 2 N–H and O–H groups in total. The fourth-order valence-electron chi connectivity index (χ4n) is 1.74. The van der Waals surface area contributed by atoms with Gasteiger partial charge in [-0.15, -0.1) is 0 Å². The van der Waals surface area contributed by atoms with Crippen LogP contribution in [0.25, 0.3) is 0 Å². The summed E-state index contributed by atoms with van der Waals surface area (Å²) in [7, 11) is 0. The molecule has 0 atom stereocenters.